The summed E-state index contributed by atoms with van der Waals surface area (Å²) >= 11 is 0.839. The number of hydrogen-bond donors (Lipinski definition) is 2. The van der Waals surface area contributed by atoms with Gasteiger partial charge in [-0.3, -0.25) is 0 Å². The van der Waals surface area contributed by atoms with E-state index in [2.05, 4.69) is 14.9 Å². The minimum Gasteiger partial charge on any atom is -0.382 e. The highest BCUT2D eigenvalue weighted by atomic mass is 32.2. The smallest absolute Gasteiger partial charge is 0.269 e. The molecule has 0 spiro atoms. The second-order valence-corrected chi connectivity index (χ2v) is 6.57. The molecule has 3 N–H and O–H groups in total. The Morgan fingerprint density at radius 1 is 1.26 bits per heavy atom. The standard InChI is InChI=1S/C9H18N4O4S2/c1-16-6-7-17-5-3-2-4-11-19(14,15)9-13-12-8(10)18-9/h11H,2-7H2,1H3,(H2,10,12). The molecule has 1 heterocycles. The summed E-state index contributed by atoms with van der Waals surface area (Å²) in [5.41, 5.74) is 5.34. The lowest BCUT2D eigenvalue weighted by Gasteiger charge is -2.04. The molecule has 0 aliphatic carbocycles. The van der Waals surface area contributed by atoms with Gasteiger partial charge in [0.15, 0.2) is 0 Å². The molecule has 0 amide bonds. The van der Waals surface area contributed by atoms with E-state index in [0.29, 0.717) is 32.8 Å². The SMILES string of the molecule is COCCOCCCCNS(=O)(=O)c1nnc(N)s1. The van der Waals surface area contributed by atoms with Crippen molar-refractivity contribution in [3.8, 4) is 0 Å². The Morgan fingerprint density at radius 2 is 2.05 bits per heavy atom. The number of rotatable bonds is 10. The molecule has 19 heavy (non-hydrogen) atoms. The van der Waals surface area contributed by atoms with Crippen LogP contribution in [0.2, 0.25) is 0 Å². The molecule has 1 aromatic rings. The molecule has 0 bridgehead atoms. The maximum atomic E-state index is 11.7. The van der Waals surface area contributed by atoms with Gasteiger partial charge in [0.25, 0.3) is 10.0 Å². The largest absolute Gasteiger partial charge is 0.382 e. The number of hydrogen-bond acceptors (Lipinski definition) is 8. The number of anilines is 1. The number of nitrogens with one attached hydrogen (secondary N) is 1. The summed E-state index contributed by atoms with van der Waals surface area (Å²) in [6.07, 6.45) is 1.45. The van der Waals surface area contributed by atoms with Crippen LogP contribution in [0.1, 0.15) is 12.8 Å². The van der Waals surface area contributed by atoms with Crippen molar-refractivity contribution < 1.29 is 17.9 Å². The molecular formula is C9H18N4O4S2. The van der Waals surface area contributed by atoms with E-state index in [1.165, 1.54) is 0 Å². The molecule has 1 aromatic heterocycles. The molecule has 0 radical (unpaired) electrons. The Labute approximate surface area is 116 Å². The molecule has 110 valence electrons. The Kier molecular flexibility index (Phi) is 7.16. The second kappa shape index (κ2) is 8.38. The van der Waals surface area contributed by atoms with Gasteiger partial charge in [0.2, 0.25) is 9.47 Å². The summed E-state index contributed by atoms with van der Waals surface area (Å²) in [7, 11) is -1.98. The molecule has 0 aliphatic rings. The van der Waals surface area contributed by atoms with Crippen molar-refractivity contribution in [2.75, 3.05) is 39.2 Å². The third kappa shape index (κ3) is 6.25. The highest BCUT2D eigenvalue weighted by molar-refractivity contribution is 7.91. The molecule has 0 unspecified atom stereocenters. The van der Waals surface area contributed by atoms with Crippen LogP contribution in [-0.2, 0) is 19.5 Å². The number of nitrogens with two attached hydrogens (primary N) is 1. The van der Waals surface area contributed by atoms with Crippen molar-refractivity contribution in [1.82, 2.24) is 14.9 Å². The normalized spacial score (nSPS) is 11.8. The summed E-state index contributed by atoms with van der Waals surface area (Å²) in [5, 5.41) is 7.09. The van der Waals surface area contributed by atoms with Crippen molar-refractivity contribution in [3.05, 3.63) is 0 Å². The average Bonchev–Trinajstić information content (AvgIpc) is 2.80. The Bertz CT molecular complexity index is 463. The quantitative estimate of drug-likeness (QED) is 0.577. The first kappa shape index (κ1) is 16.2. The van der Waals surface area contributed by atoms with Crippen LogP contribution in [0.15, 0.2) is 4.34 Å². The van der Waals surface area contributed by atoms with Gasteiger partial charge in [-0.05, 0) is 12.8 Å². The molecule has 0 aromatic carbocycles. The van der Waals surface area contributed by atoms with Gasteiger partial charge in [0, 0.05) is 20.3 Å². The molecule has 10 heteroatoms. The molecule has 0 aliphatic heterocycles. The number of nitrogens with zero attached hydrogens (tertiary/aromatic N) is 2. The lowest BCUT2D eigenvalue weighted by Crippen LogP contribution is -2.25. The third-order valence-electron chi connectivity index (χ3n) is 2.09. The highest BCUT2D eigenvalue weighted by Crippen LogP contribution is 2.16. The summed E-state index contributed by atoms with van der Waals surface area (Å²) < 4.78 is 35.8. The van der Waals surface area contributed by atoms with E-state index in [1.54, 1.807) is 7.11 Å². The molecular weight excluding hydrogens is 292 g/mol. The van der Waals surface area contributed by atoms with Gasteiger partial charge < -0.3 is 15.2 Å². The van der Waals surface area contributed by atoms with Crippen LogP contribution in [0.5, 0.6) is 0 Å². The Balaban J connectivity index is 2.15. The third-order valence-corrected chi connectivity index (χ3v) is 4.67. The topological polar surface area (TPSA) is 116 Å². The maximum Gasteiger partial charge on any atom is 0.269 e. The fourth-order valence-corrected chi connectivity index (χ4v) is 3.07. The van der Waals surface area contributed by atoms with Crippen molar-refractivity contribution >= 4 is 26.5 Å². The Morgan fingerprint density at radius 3 is 2.68 bits per heavy atom. The van der Waals surface area contributed by atoms with E-state index in [4.69, 9.17) is 15.2 Å². The summed E-state index contributed by atoms with van der Waals surface area (Å²) in [6.45, 7) is 2.02. The predicted octanol–water partition coefficient (Wildman–Crippen LogP) is -0.158. The van der Waals surface area contributed by atoms with Gasteiger partial charge in [-0.2, -0.15) is 0 Å². The van der Waals surface area contributed by atoms with Crippen molar-refractivity contribution in [2.24, 2.45) is 0 Å². The first-order chi connectivity index (χ1) is 9.06. The van der Waals surface area contributed by atoms with Gasteiger partial charge in [-0.15, -0.1) is 10.2 Å². The van der Waals surface area contributed by atoms with Crippen LogP contribution >= 0.6 is 11.3 Å². The molecule has 0 saturated carbocycles. The van der Waals surface area contributed by atoms with E-state index in [-0.39, 0.29) is 9.47 Å². The summed E-state index contributed by atoms with van der Waals surface area (Å²) in [5.74, 6) is 0. The van der Waals surface area contributed by atoms with Gasteiger partial charge >= 0.3 is 0 Å². The van der Waals surface area contributed by atoms with Crippen LogP contribution in [-0.4, -0.2) is 52.1 Å². The van der Waals surface area contributed by atoms with E-state index in [0.717, 1.165) is 17.8 Å². The number of nitrogen functional groups attached to an aromatic ring is 1. The number of unbranched alkanes of at least 4 members (excludes halogenated alkanes) is 1. The summed E-state index contributed by atoms with van der Waals surface area (Å²) in [4.78, 5) is 0. The monoisotopic (exact) mass is 310 g/mol. The van der Waals surface area contributed by atoms with Crippen LogP contribution in [0.25, 0.3) is 0 Å². The van der Waals surface area contributed by atoms with Gasteiger partial charge in [-0.1, -0.05) is 11.3 Å². The summed E-state index contributed by atoms with van der Waals surface area (Å²) in [6, 6.07) is 0. The van der Waals surface area contributed by atoms with E-state index < -0.39 is 10.0 Å². The average molecular weight is 310 g/mol. The highest BCUT2D eigenvalue weighted by Gasteiger charge is 2.18. The lowest BCUT2D eigenvalue weighted by molar-refractivity contribution is 0.0689. The lowest BCUT2D eigenvalue weighted by atomic mass is 10.3. The minimum atomic E-state index is -3.59. The van der Waals surface area contributed by atoms with Gasteiger partial charge in [0.1, 0.15) is 0 Å². The zero-order chi connectivity index (χ0) is 14.1. The van der Waals surface area contributed by atoms with Gasteiger partial charge in [-0.25, -0.2) is 13.1 Å². The van der Waals surface area contributed by atoms with Crippen LogP contribution < -0.4 is 10.5 Å². The molecule has 0 saturated heterocycles. The first-order valence-electron chi connectivity index (χ1n) is 5.71. The van der Waals surface area contributed by atoms with Crippen molar-refractivity contribution in [2.45, 2.75) is 17.2 Å². The van der Waals surface area contributed by atoms with Crippen LogP contribution in [0, 0.1) is 0 Å². The minimum absolute atomic E-state index is 0.110. The zero-order valence-electron chi connectivity index (χ0n) is 10.7. The van der Waals surface area contributed by atoms with E-state index in [9.17, 15) is 8.42 Å². The first-order valence-corrected chi connectivity index (χ1v) is 8.01. The van der Waals surface area contributed by atoms with Crippen molar-refractivity contribution in [1.29, 1.82) is 0 Å². The zero-order valence-corrected chi connectivity index (χ0v) is 12.3. The number of sulfonamides is 1. The van der Waals surface area contributed by atoms with Crippen LogP contribution in [0.4, 0.5) is 5.13 Å². The van der Waals surface area contributed by atoms with Crippen molar-refractivity contribution in [3.63, 3.8) is 0 Å². The fourth-order valence-electron chi connectivity index (χ4n) is 1.17. The number of methoxy groups -OCH3 is 1. The second-order valence-electron chi connectivity index (χ2n) is 3.62. The maximum absolute atomic E-state index is 11.7. The fraction of sp³-hybridized carbons (Fsp3) is 0.778. The predicted molar refractivity (Wildman–Crippen MR) is 71.4 cm³/mol. The van der Waals surface area contributed by atoms with Crippen LogP contribution in [0.3, 0.4) is 0 Å². The van der Waals surface area contributed by atoms with Gasteiger partial charge in [0.05, 0.1) is 13.2 Å². The molecule has 0 atom stereocenters. The molecule has 0 fully saturated rings. The number of ether oxygens (including phenoxy) is 2. The van der Waals surface area contributed by atoms with E-state index >= 15 is 0 Å². The number of aromatic nitrogens is 2. The molecule has 1 rings (SSSR count). The Hall–Kier alpha value is -0.810. The molecule has 8 nitrogen and oxygen atoms in total. The van der Waals surface area contributed by atoms with E-state index in [1.807, 2.05) is 0 Å².